The molecule has 0 unspecified atom stereocenters. The topological polar surface area (TPSA) is 152 Å². The zero-order valence-electron chi connectivity index (χ0n) is 20.9. The van der Waals surface area contributed by atoms with Crippen molar-refractivity contribution in [3.63, 3.8) is 0 Å². The van der Waals surface area contributed by atoms with E-state index in [4.69, 9.17) is 0 Å². The molecule has 0 saturated heterocycles. The van der Waals surface area contributed by atoms with Crippen molar-refractivity contribution < 1.29 is 47.1 Å². The number of benzene rings is 2. The van der Waals surface area contributed by atoms with Crippen LogP contribution >= 0.6 is 31.9 Å². The van der Waals surface area contributed by atoms with Gasteiger partial charge in [0.05, 0.1) is 24.2 Å². The summed E-state index contributed by atoms with van der Waals surface area (Å²) in [6, 6.07) is 6.46. The number of phenolic OH excluding ortho intramolecular Hbond substituents is 2. The van der Waals surface area contributed by atoms with E-state index in [1.165, 1.54) is 12.1 Å². The van der Waals surface area contributed by atoms with Gasteiger partial charge in [-0.2, -0.15) is 0 Å². The molecular formula is C26H28Br2CuN4O6. The number of phenols is 2. The van der Waals surface area contributed by atoms with Gasteiger partial charge in [-0.3, -0.25) is 19.4 Å². The minimum absolute atomic E-state index is 0. The van der Waals surface area contributed by atoms with Crippen LogP contribution in [0.3, 0.4) is 0 Å². The summed E-state index contributed by atoms with van der Waals surface area (Å²) >= 11 is 6.68. The average Bonchev–Trinajstić information content (AvgIpc) is 2.88. The Morgan fingerprint density at radius 2 is 1.13 bits per heavy atom. The van der Waals surface area contributed by atoms with Crippen molar-refractivity contribution in [1.29, 1.82) is 0 Å². The molecule has 1 aliphatic rings. The number of carbonyl (C=O) groups excluding carboxylic acids is 2. The maximum absolute atomic E-state index is 12.5. The smallest absolute Gasteiger partial charge is 0.862 e. The summed E-state index contributed by atoms with van der Waals surface area (Å²) in [4.78, 5) is 34.6. The van der Waals surface area contributed by atoms with E-state index < -0.39 is 0 Å². The fraction of sp³-hybridized carbons (Fsp3) is 0.385. The van der Waals surface area contributed by atoms with E-state index in [1.54, 1.807) is 12.1 Å². The fourth-order valence-electron chi connectivity index (χ4n) is 4.10. The quantitative estimate of drug-likeness (QED) is 0.340. The van der Waals surface area contributed by atoms with Gasteiger partial charge in [0.1, 0.15) is 11.5 Å². The van der Waals surface area contributed by atoms with Crippen LogP contribution in [0.15, 0.2) is 43.2 Å². The van der Waals surface area contributed by atoms with Gasteiger partial charge in [-0.05, 0) is 48.9 Å². The average molecular weight is 716 g/mol. The third kappa shape index (κ3) is 10.0. The number of hydrogen-bond donors (Lipinski definition) is 2. The number of carbonyl (C=O) groups is 2. The molecule has 1 heterocycles. The van der Waals surface area contributed by atoms with Gasteiger partial charge in [0.15, 0.2) is 12.6 Å². The molecule has 213 valence electrons. The van der Waals surface area contributed by atoms with Crippen LogP contribution in [-0.2, 0) is 30.2 Å². The Labute approximate surface area is 254 Å². The van der Waals surface area contributed by atoms with Crippen molar-refractivity contribution in [2.24, 2.45) is 9.98 Å². The zero-order valence-corrected chi connectivity index (χ0v) is 25.0. The molecule has 2 aromatic rings. The van der Waals surface area contributed by atoms with Gasteiger partial charge < -0.3 is 30.4 Å². The van der Waals surface area contributed by atoms with Gasteiger partial charge in [-0.15, -0.1) is 0 Å². The summed E-state index contributed by atoms with van der Waals surface area (Å²) in [7, 11) is 0. The van der Waals surface area contributed by atoms with Crippen molar-refractivity contribution in [3.8, 4) is 11.5 Å². The number of aliphatic imine (C=N–C) groups is 2. The number of aldehydes is 2. The molecule has 39 heavy (non-hydrogen) atoms. The van der Waals surface area contributed by atoms with E-state index in [9.17, 15) is 30.0 Å². The first kappa shape index (κ1) is 32.9. The molecule has 3 rings (SSSR count). The number of halogens is 2. The molecule has 0 spiro atoms. The van der Waals surface area contributed by atoms with Crippen LogP contribution in [0.2, 0.25) is 0 Å². The largest absolute Gasteiger partial charge is 2.00 e. The molecule has 0 atom stereocenters. The van der Waals surface area contributed by atoms with Crippen LogP contribution in [-0.4, -0.2) is 83.6 Å². The molecule has 0 fully saturated rings. The minimum Gasteiger partial charge on any atom is -0.862 e. The maximum Gasteiger partial charge on any atom is 2.00 e. The Morgan fingerprint density at radius 3 is 1.49 bits per heavy atom. The van der Waals surface area contributed by atoms with Gasteiger partial charge in [-0.25, -0.2) is 0 Å². The Kier molecular flexibility index (Phi) is 13.6. The van der Waals surface area contributed by atoms with E-state index in [2.05, 4.69) is 41.8 Å². The Hall–Kier alpha value is -2.28. The number of rotatable bonds is 6. The summed E-state index contributed by atoms with van der Waals surface area (Å²) in [5.74, 6) is -0.798. The number of aromatic hydroxyl groups is 2. The van der Waals surface area contributed by atoms with Crippen molar-refractivity contribution in [2.45, 2.75) is 25.9 Å². The summed E-state index contributed by atoms with van der Waals surface area (Å²) in [5, 5.41) is 45.8. The molecule has 0 saturated carbocycles. The van der Waals surface area contributed by atoms with Crippen LogP contribution in [0.4, 0.5) is 0 Å². The van der Waals surface area contributed by atoms with E-state index in [0.717, 1.165) is 0 Å². The van der Waals surface area contributed by atoms with E-state index in [0.29, 0.717) is 58.8 Å². The van der Waals surface area contributed by atoms with Crippen molar-refractivity contribution in [2.75, 3.05) is 39.3 Å². The molecule has 0 amide bonds. The van der Waals surface area contributed by atoms with Crippen LogP contribution in [0, 0.1) is 0 Å². The third-order valence-electron chi connectivity index (χ3n) is 6.10. The molecular weight excluding hydrogens is 688 g/mol. The van der Waals surface area contributed by atoms with Crippen LogP contribution in [0.5, 0.6) is 11.5 Å². The van der Waals surface area contributed by atoms with Gasteiger partial charge in [0.2, 0.25) is 0 Å². The van der Waals surface area contributed by atoms with Gasteiger partial charge >= 0.3 is 17.1 Å². The van der Waals surface area contributed by atoms with E-state index in [1.807, 2.05) is 9.80 Å². The van der Waals surface area contributed by atoms with Crippen molar-refractivity contribution in [1.82, 2.24) is 9.80 Å². The Balaban J connectivity index is 0.00000533. The van der Waals surface area contributed by atoms with E-state index in [-0.39, 0.29) is 90.5 Å². The molecule has 0 aliphatic carbocycles. The normalized spacial score (nSPS) is 16.4. The first-order chi connectivity index (χ1) is 18.2. The molecule has 2 aromatic carbocycles. The predicted molar refractivity (Wildman–Crippen MR) is 147 cm³/mol. The van der Waals surface area contributed by atoms with Gasteiger partial charge in [-0.1, -0.05) is 31.9 Å². The monoisotopic (exact) mass is 713 g/mol. The summed E-state index contributed by atoms with van der Waals surface area (Å²) in [6.07, 6.45) is 1.42. The predicted octanol–water partition coefficient (Wildman–Crippen LogP) is 1.86. The Bertz CT molecular complexity index is 1130. The summed E-state index contributed by atoms with van der Waals surface area (Å²) in [5.41, 5.74) is 1.35. The number of hydrogen-bond acceptors (Lipinski definition) is 10. The van der Waals surface area contributed by atoms with Crippen molar-refractivity contribution in [3.05, 3.63) is 55.5 Å². The molecule has 1 aliphatic heterocycles. The second-order valence-corrected chi connectivity index (χ2v) is 10.7. The molecule has 13 heteroatoms. The summed E-state index contributed by atoms with van der Waals surface area (Å²) in [6.45, 7) is 2.32. The molecule has 10 nitrogen and oxygen atoms in total. The SMILES string of the molecule is O=Cc1cc(Br)cc(CN2CCN=C([O-])CCN(Cc3cc(Br)cc(C=O)c3O)CCN=C([O-])CC2)c1O.[Cu+2]. The molecule has 0 aromatic heterocycles. The molecule has 0 bridgehead atoms. The second kappa shape index (κ2) is 16.1. The Morgan fingerprint density at radius 1 is 0.744 bits per heavy atom. The zero-order chi connectivity index (χ0) is 27.7. The third-order valence-corrected chi connectivity index (χ3v) is 7.02. The van der Waals surface area contributed by atoms with Crippen LogP contribution in [0.25, 0.3) is 0 Å². The molecule has 2 N–H and O–H groups in total. The fourth-order valence-corrected chi connectivity index (χ4v) is 5.14. The first-order valence-electron chi connectivity index (χ1n) is 12.0. The van der Waals surface area contributed by atoms with Gasteiger partial charge in [0, 0.05) is 59.3 Å². The standard InChI is InChI=1S/C26H30Br2N4O6.Cu/c27-21-9-17(25(37)19(11-21)15-33)13-31-5-1-23(35)29-3-8-32(6-2-24(36)30-4-7-31)14-18-10-22(28)12-20(16-34)26(18)38;/h9-12,15-16,37-38H,1-8,13-14H2,(H,29,35)(H,30,36);/q;+2/p-2. The second-order valence-electron chi connectivity index (χ2n) is 8.84. The summed E-state index contributed by atoms with van der Waals surface area (Å²) < 4.78 is 1.28. The minimum atomic E-state index is -0.277. The van der Waals surface area contributed by atoms with Crippen molar-refractivity contribution >= 4 is 56.2 Å². The number of nitrogens with zero attached hydrogens (tertiary/aromatic N) is 4. The molecule has 1 radical (unpaired) electrons. The van der Waals surface area contributed by atoms with Gasteiger partial charge in [0.25, 0.3) is 0 Å². The van der Waals surface area contributed by atoms with Crippen LogP contribution < -0.4 is 10.2 Å². The van der Waals surface area contributed by atoms with E-state index >= 15 is 0 Å². The maximum atomic E-state index is 12.5. The first-order valence-corrected chi connectivity index (χ1v) is 13.6. The van der Waals surface area contributed by atoms with Crippen LogP contribution in [0.1, 0.15) is 44.7 Å².